The van der Waals surface area contributed by atoms with Crippen LogP contribution < -0.4 is 10.6 Å². The van der Waals surface area contributed by atoms with Crippen LogP contribution in [0.15, 0.2) is 29.0 Å². The van der Waals surface area contributed by atoms with Gasteiger partial charge in [0.25, 0.3) is 10.0 Å². The standard InChI is InChI=1S/C15H21N3O4S2/c1-3-14(20)17-12-6-8-18(9-7-12)24(21,22)15-5-4-13(23-15)10-16-11(2)19/h3-5,12H,1,6-10H2,2H3,(H,16,19)(H,17,20). The zero-order chi connectivity index (χ0) is 17.7. The predicted molar refractivity (Wildman–Crippen MR) is 92.0 cm³/mol. The van der Waals surface area contributed by atoms with E-state index in [0.29, 0.717) is 32.5 Å². The number of hydrogen-bond acceptors (Lipinski definition) is 5. The number of carbonyl (C=O) groups excluding carboxylic acids is 2. The van der Waals surface area contributed by atoms with Crippen molar-refractivity contribution in [1.29, 1.82) is 0 Å². The average Bonchev–Trinajstić information content (AvgIpc) is 3.03. The maximum absolute atomic E-state index is 12.7. The molecule has 2 heterocycles. The Labute approximate surface area is 145 Å². The van der Waals surface area contributed by atoms with Gasteiger partial charge in [0.1, 0.15) is 4.21 Å². The number of nitrogens with zero attached hydrogens (tertiary/aromatic N) is 1. The second kappa shape index (κ2) is 7.91. The fourth-order valence-electron chi connectivity index (χ4n) is 2.43. The smallest absolute Gasteiger partial charge is 0.252 e. The van der Waals surface area contributed by atoms with Gasteiger partial charge in [0.15, 0.2) is 0 Å². The van der Waals surface area contributed by atoms with Crippen LogP contribution in [-0.4, -0.2) is 43.7 Å². The van der Waals surface area contributed by atoms with Gasteiger partial charge in [-0.2, -0.15) is 4.31 Å². The first-order valence-electron chi connectivity index (χ1n) is 7.59. The predicted octanol–water partition coefficient (Wildman–Crippen LogP) is 0.839. The van der Waals surface area contributed by atoms with Crippen molar-refractivity contribution < 1.29 is 18.0 Å². The van der Waals surface area contributed by atoms with Gasteiger partial charge in [-0.3, -0.25) is 9.59 Å². The van der Waals surface area contributed by atoms with Crippen molar-refractivity contribution in [2.24, 2.45) is 0 Å². The molecule has 24 heavy (non-hydrogen) atoms. The van der Waals surface area contributed by atoms with E-state index < -0.39 is 10.0 Å². The van der Waals surface area contributed by atoms with Gasteiger partial charge in [-0.05, 0) is 31.1 Å². The Hall–Kier alpha value is -1.71. The van der Waals surface area contributed by atoms with Crippen LogP contribution in [0.3, 0.4) is 0 Å². The molecule has 0 radical (unpaired) electrons. The zero-order valence-corrected chi connectivity index (χ0v) is 15.1. The molecule has 2 N–H and O–H groups in total. The van der Waals surface area contributed by atoms with Gasteiger partial charge < -0.3 is 10.6 Å². The molecular weight excluding hydrogens is 350 g/mol. The van der Waals surface area contributed by atoms with Crippen molar-refractivity contribution in [2.75, 3.05) is 13.1 Å². The highest BCUT2D eigenvalue weighted by molar-refractivity contribution is 7.91. The molecule has 0 spiro atoms. The Bertz CT molecular complexity index is 719. The molecule has 1 fully saturated rings. The van der Waals surface area contributed by atoms with Crippen molar-refractivity contribution in [2.45, 2.75) is 36.6 Å². The van der Waals surface area contributed by atoms with E-state index in [9.17, 15) is 18.0 Å². The summed E-state index contributed by atoms with van der Waals surface area (Å²) in [5.74, 6) is -0.395. The van der Waals surface area contributed by atoms with E-state index >= 15 is 0 Å². The first-order valence-corrected chi connectivity index (χ1v) is 9.85. The van der Waals surface area contributed by atoms with Crippen LogP contribution in [0.1, 0.15) is 24.6 Å². The Balaban J connectivity index is 1.97. The first kappa shape index (κ1) is 18.6. The summed E-state index contributed by atoms with van der Waals surface area (Å²) in [5, 5.41) is 5.45. The summed E-state index contributed by atoms with van der Waals surface area (Å²) in [4.78, 5) is 23.0. The van der Waals surface area contributed by atoms with Gasteiger partial charge in [0.05, 0.1) is 6.54 Å². The highest BCUT2D eigenvalue weighted by atomic mass is 32.2. The molecule has 1 saturated heterocycles. The molecule has 1 aromatic heterocycles. The zero-order valence-electron chi connectivity index (χ0n) is 13.4. The topological polar surface area (TPSA) is 95.6 Å². The largest absolute Gasteiger partial charge is 0.351 e. The van der Waals surface area contributed by atoms with E-state index in [1.54, 1.807) is 12.1 Å². The summed E-state index contributed by atoms with van der Waals surface area (Å²) in [7, 11) is -3.53. The normalized spacial score (nSPS) is 16.5. The number of sulfonamides is 1. The second-order valence-corrected chi connectivity index (χ2v) is 8.85. The van der Waals surface area contributed by atoms with Crippen LogP contribution in [0, 0.1) is 0 Å². The molecule has 1 aliphatic rings. The SMILES string of the molecule is C=CC(=O)NC1CCN(S(=O)(=O)c2ccc(CNC(C)=O)s2)CC1. The van der Waals surface area contributed by atoms with Crippen LogP contribution in [0.2, 0.25) is 0 Å². The lowest BCUT2D eigenvalue weighted by Gasteiger charge is -2.31. The third-order valence-electron chi connectivity index (χ3n) is 3.73. The molecule has 0 aliphatic carbocycles. The van der Waals surface area contributed by atoms with E-state index in [1.165, 1.54) is 17.3 Å². The van der Waals surface area contributed by atoms with Crippen LogP contribution in [-0.2, 0) is 26.2 Å². The highest BCUT2D eigenvalue weighted by Crippen LogP contribution is 2.27. The first-order chi connectivity index (χ1) is 11.3. The quantitative estimate of drug-likeness (QED) is 0.725. The van der Waals surface area contributed by atoms with Crippen molar-refractivity contribution in [3.05, 3.63) is 29.7 Å². The lowest BCUT2D eigenvalue weighted by molar-refractivity contribution is -0.119. The summed E-state index contributed by atoms with van der Waals surface area (Å²) in [5.41, 5.74) is 0. The molecule has 0 bridgehead atoms. The maximum atomic E-state index is 12.7. The Kier molecular flexibility index (Phi) is 6.14. The van der Waals surface area contributed by atoms with Gasteiger partial charge in [0.2, 0.25) is 11.8 Å². The fraction of sp³-hybridized carbons (Fsp3) is 0.467. The minimum atomic E-state index is -3.53. The van der Waals surface area contributed by atoms with E-state index in [-0.39, 0.29) is 22.1 Å². The number of thiophene rings is 1. The van der Waals surface area contributed by atoms with Crippen molar-refractivity contribution >= 4 is 33.2 Å². The van der Waals surface area contributed by atoms with E-state index in [1.807, 2.05) is 0 Å². The van der Waals surface area contributed by atoms with Gasteiger partial charge >= 0.3 is 0 Å². The van der Waals surface area contributed by atoms with Crippen LogP contribution in [0.4, 0.5) is 0 Å². The number of amides is 2. The van der Waals surface area contributed by atoms with Gasteiger partial charge in [-0.1, -0.05) is 6.58 Å². The summed E-state index contributed by atoms with van der Waals surface area (Å²) in [6.07, 6.45) is 2.36. The number of rotatable bonds is 6. The van der Waals surface area contributed by atoms with E-state index in [2.05, 4.69) is 17.2 Å². The fourth-order valence-corrected chi connectivity index (χ4v) is 5.35. The summed E-state index contributed by atoms with van der Waals surface area (Å²) in [6, 6.07) is 3.26. The molecule has 132 valence electrons. The number of nitrogens with one attached hydrogen (secondary N) is 2. The third-order valence-corrected chi connectivity index (χ3v) is 7.18. The molecule has 1 aliphatic heterocycles. The molecule has 0 unspecified atom stereocenters. The van der Waals surface area contributed by atoms with Gasteiger partial charge in [-0.15, -0.1) is 11.3 Å². The summed E-state index contributed by atoms with van der Waals surface area (Å²) < 4.78 is 27.1. The van der Waals surface area contributed by atoms with E-state index in [4.69, 9.17) is 0 Å². The third kappa shape index (κ3) is 4.65. The molecule has 7 nitrogen and oxygen atoms in total. The minimum Gasteiger partial charge on any atom is -0.351 e. The molecule has 0 aromatic carbocycles. The molecular formula is C15H21N3O4S2. The molecule has 2 rings (SSSR count). The summed E-state index contributed by atoms with van der Waals surface area (Å²) >= 11 is 1.16. The van der Waals surface area contributed by atoms with Gasteiger partial charge in [-0.25, -0.2) is 8.42 Å². The van der Waals surface area contributed by atoms with Crippen LogP contribution in [0.5, 0.6) is 0 Å². The van der Waals surface area contributed by atoms with Crippen molar-refractivity contribution in [3.63, 3.8) is 0 Å². The van der Waals surface area contributed by atoms with Crippen LogP contribution >= 0.6 is 11.3 Å². The van der Waals surface area contributed by atoms with Crippen LogP contribution in [0.25, 0.3) is 0 Å². The van der Waals surface area contributed by atoms with E-state index in [0.717, 1.165) is 16.2 Å². The molecule has 1 aromatic rings. The number of piperidine rings is 1. The monoisotopic (exact) mass is 371 g/mol. The van der Waals surface area contributed by atoms with Gasteiger partial charge in [0, 0.05) is 30.9 Å². The number of carbonyl (C=O) groups is 2. The molecule has 0 saturated carbocycles. The second-order valence-electron chi connectivity index (χ2n) is 5.52. The highest BCUT2D eigenvalue weighted by Gasteiger charge is 2.30. The molecule has 9 heteroatoms. The molecule has 2 amide bonds. The Morgan fingerprint density at radius 1 is 1.38 bits per heavy atom. The Morgan fingerprint density at radius 2 is 2.04 bits per heavy atom. The maximum Gasteiger partial charge on any atom is 0.252 e. The van der Waals surface area contributed by atoms with Crippen molar-refractivity contribution in [3.8, 4) is 0 Å². The minimum absolute atomic E-state index is 0.0272. The molecule has 0 atom stereocenters. The Morgan fingerprint density at radius 3 is 2.62 bits per heavy atom. The number of hydrogen-bond donors (Lipinski definition) is 2. The lowest BCUT2D eigenvalue weighted by Crippen LogP contribution is -2.46. The summed E-state index contributed by atoms with van der Waals surface area (Å²) in [6.45, 7) is 5.88. The lowest BCUT2D eigenvalue weighted by atomic mass is 10.1. The average molecular weight is 371 g/mol. The van der Waals surface area contributed by atoms with Crippen molar-refractivity contribution in [1.82, 2.24) is 14.9 Å².